The summed E-state index contributed by atoms with van der Waals surface area (Å²) in [4.78, 5) is 14.6. The lowest BCUT2D eigenvalue weighted by Gasteiger charge is -2.30. The number of hydrazine groups is 1. The molecule has 0 heterocycles. The number of rotatable bonds is 7. The lowest BCUT2D eigenvalue weighted by Crippen LogP contribution is -2.42. The van der Waals surface area contributed by atoms with Gasteiger partial charge in [-0.05, 0) is 58.4 Å². The smallest absolute Gasteiger partial charge is 0.251 e. The zero-order valence-electron chi connectivity index (χ0n) is 13.7. The fourth-order valence-corrected chi connectivity index (χ4v) is 2.51. The number of benzene rings is 1. The first-order valence-corrected chi connectivity index (χ1v) is 7.48. The quantitative estimate of drug-likeness (QED) is 0.532. The number of hydrogen-bond acceptors (Lipinski definition) is 4. The number of nitrogen functional groups attached to an aromatic ring is 1. The number of carbonyl (C=O) groups excluding carboxylic acids is 1. The molecule has 0 radical (unpaired) electrons. The third kappa shape index (κ3) is 5.02. The Balaban J connectivity index is 2.58. The van der Waals surface area contributed by atoms with Crippen LogP contribution in [0, 0.1) is 6.92 Å². The Morgan fingerprint density at radius 1 is 1.24 bits per heavy atom. The average molecular weight is 292 g/mol. The number of nitrogens with zero attached hydrogens (tertiary/aromatic N) is 1. The van der Waals surface area contributed by atoms with Crippen LogP contribution < -0.4 is 16.6 Å². The van der Waals surface area contributed by atoms with E-state index in [4.69, 9.17) is 5.84 Å². The van der Waals surface area contributed by atoms with E-state index in [0.29, 0.717) is 24.2 Å². The average Bonchev–Trinajstić information content (AvgIpc) is 2.42. The van der Waals surface area contributed by atoms with Crippen LogP contribution in [0.3, 0.4) is 0 Å². The molecule has 118 valence electrons. The van der Waals surface area contributed by atoms with E-state index in [1.165, 1.54) is 0 Å². The van der Waals surface area contributed by atoms with E-state index in [2.05, 4.69) is 43.3 Å². The number of aryl methyl sites for hydroxylation is 1. The van der Waals surface area contributed by atoms with Crippen LogP contribution >= 0.6 is 0 Å². The van der Waals surface area contributed by atoms with E-state index < -0.39 is 0 Å². The van der Waals surface area contributed by atoms with Crippen LogP contribution in [0.15, 0.2) is 18.2 Å². The lowest BCUT2D eigenvalue weighted by molar-refractivity contribution is 0.0939. The zero-order valence-corrected chi connectivity index (χ0v) is 13.7. The van der Waals surface area contributed by atoms with Crippen molar-refractivity contribution in [3.8, 4) is 0 Å². The van der Waals surface area contributed by atoms with E-state index in [9.17, 15) is 4.79 Å². The molecular formula is C16H28N4O. The maximum atomic E-state index is 12.2. The van der Waals surface area contributed by atoms with Gasteiger partial charge in [0.25, 0.3) is 5.91 Å². The van der Waals surface area contributed by atoms with Gasteiger partial charge >= 0.3 is 0 Å². The summed E-state index contributed by atoms with van der Waals surface area (Å²) in [6, 6.07) is 6.40. The minimum atomic E-state index is -0.0384. The predicted molar refractivity (Wildman–Crippen MR) is 88.3 cm³/mol. The van der Waals surface area contributed by atoms with Crippen molar-refractivity contribution < 1.29 is 4.79 Å². The normalized spacial score (nSPS) is 11.3. The summed E-state index contributed by atoms with van der Waals surface area (Å²) < 4.78 is 0. The summed E-state index contributed by atoms with van der Waals surface area (Å²) in [6.45, 7) is 12.1. The maximum absolute atomic E-state index is 12.2. The van der Waals surface area contributed by atoms with Crippen molar-refractivity contribution in [3.63, 3.8) is 0 Å². The molecule has 0 aliphatic rings. The molecule has 0 atom stereocenters. The highest BCUT2D eigenvalue weighted by Crippen LogP contribution is 2.14. The first-order chi connectivity index (χ1) is 9.86. The Bertz CT molecular complexity index is 463. The van der Waals surface area contributed by atoms with Crippen LogP contribution in [0.4, 0.5) is 5.69 Å². The van der Waals surface area contributed by atoms with Crippen LogP contribution in [0.5, 0.6) is 0 Å². The second-order valence-corrected chi connectivity index (χ2v) is 5.86. The summed E-state index contributed by atoms with van der Waals surface area (Å²) in [7, 11) is 0. The summed E-state index contributed by atoms with van der Waals surface area (Å²) >= 11 is 0. The van der Waals surface area contributed by atoms with E-state index in [1.54, 1.807) is 12.1 Å². The maximum Gasteiger partial charge on any atom is 0.251 e. The van der Waals surface area contributed by atoms with Crippen molar-refractivity contribution >= 4 is 11.6 Å². The lowest BCUT2D eigenvalue weighted by atomic mass is 10.1. The molecule has 1 aromatic carbocycles. The molecule has 1 rings (SSSR count). The van der Waals surface area contributed by atoms with Gasteiger partial charge < -0.3 is 10.7 Å². The molecule has 0 fully saturated rings. The second kappa shape index (κ2) is 8.00. The van der Waals surface area contributed by atoms with Gasteiger partial charge in [0.15, 0.2) is 0 Å². The SMILES string of the molecule is Cc1cc(NN)ccc1C(=O)NCCN(C(C)C)C(C)C. The van der Waals surface area contributed by atoms with E-state index >= 15 is 0 Å². The Hall–Kier alpha value is -1.59. The van der Waals surface area contributed by atoms with Gasteiger partial charge in [-0.2, -0.15) is 0 Å². The van der Waals surface area contributed by atoms with Gasteiger partial charge in [-0.1, -0.05) is 0 Å². The number of hydrogen-bond donors (Lipinski definition) is 3. The molecule has 0 bridgehead atoms. The number of carbonyl (C=O) groups is 1. The highest BCUT2D eigenvalue weighted by atomic mass is 16.1. The van der Waals surface area contributed by atoms with Crippen molar-refractivity contribution in [2.24, 2.45) is 5.84 Å². The first kappa shape index (κ1) is 17.5. The molecule has 0 unspecified atom stereocenters. The second-order valence-electron chi connectivity index (χ2n) is 5.86. The molecule has 1 amide bonds. The number of anilines is 1. The van der Waals surface area contributed by atoms with Crippen LogP contribution in [0.1, 0.15) is 43.6 Å². The first-order valence-electron chi connectivity index (χ1n) is 7.48. The Morgan fingerprint density at radius 2 is 1.86 bits per heavy atom. The van der Waals surface area contributed by atoms with Gasteiger partial charge in [-0.15, -0.1) is 0 Å². The number of nitrogens with one attached hydrogen (secondary N) is 2. The summed E-state index contributed by atoms with van der Waals surface area (Å²) in [6.07, 6.45) is 0. The van der Waals surface area contributed by atoms with Gasteiger partial charge in [-0.3, -0.25) is 15.5 Å². The molecule has 0 saturated carbocycles. The van der Waals surface area contributed by atoms with Crippen LogP contribution in [-0.4, -0.2) is 36.0 Å². The predicted octanol–water partition coefficient (Wildman–Crippen LogP) is 2.13. The van der Waals surface area contributed by atoms with Crippen molar-refractivity contribution in [1.29, 1.82) is 0 Å². The molecule has 21 heavy (non-hydrogen) atoms. The third-order valence-electron chi connectivity index (χ3n) is 3.62. The molecule has 0 aliphatic carbocycles. The van der Waals surface area contributed by atoms with Crippen LogP contribution in [0.25, 0.3) is 0 Å². The molecule has 0 spiro atoms. The van der Waals surface area contributed by atoms with Crippen molar-refractivity contribution in [1.82, 2.24) is 10.2 Å². The standard InChI is InChI=1S/C16H28N4O/c1-11(2)20(12(3)4)9-8-18-16(21)15-7-6-14(19-17)10-13(15)5/h6-7,10-12,19H,8-9,17H2,1-5H3,(H,18,21). The van der Waals surface area contributed by atoms with Crippen molar-refractivity contribution in [2.45, 2.75) is 46.7 Å². The highest BCUT2D eigenvalue weighted by Gasteiger charge is 2.14. The third-order valence-corrected chi connectivity index (χ3v) is 3.62. The largest absolute Gasteiger partial charge is 0.351 e. The van der Waals surface area contributed by atoms with Gasteiger partial charge in [0.05, 0.1) is 0 Å². The minimum Gasteiger partial charge on any atom is -0.351 e. The molecule has 0 saturated heterocycles. The molecule has 4 N–H and O–H groups in total. The number of amides is 1. The van der Waals surface area contributed by atoms with E-state index in [0.717, 1.165) is 17.8 Å². The summed E-state index contributed by atoms with van der Waals surface area (Å²) in [5, 5.41) is 2.99. The highest BCUT2D eigenvalue weighted by molar-refractivity contribution is 5.96. The molecular weight excluding hydrogens is 264 g/mol. The Morgan fingerprint density at radius 3 is 2.33 bits per heavy atom. The monoisotopic (exact) mass is 292 g/mol. The van der Waals surface area contributed by atoms with Crippen molar-refractivity contribution in [3.05, 3.63) is 29.3 Å². The molecule has 0 aromatic heterocycles. The summed E-state index contributed by atoms with van der Waals surface area (Å²) in [5.41, 5.74) is 4.98. The molecule has 5 heteroatoms. The van der Waals surface area contributed by atoms with Crippen LogP contribution in [0.2, 0.25) is 0 Å². The Kier molecular flexibility index (Phi) is 6.65. The molecule has 1 aromatic rings. The minimum absolute atomic E-state index is 0.0384. The van der Waals surface area contributed by atoms with E-state index in [-0.39, 0.29) is 5.91 Å². The topological polar surface area (TPSA) is 70.4 Å². The van der Waals surface area contributed by atoms with Crippen LogP contribution in [-0.2, 0) is 0 Å². The van der Waals surface area contributed by atoms with E-state index in [1.807, 2.05) is 13.0 Å². The molecule has 5 nitrogen and oxygen atoms in total. The van der Waals surface area contributed by atoms with Gasteiger partial charge in [0, 0.05) is 36.4 Å². The van der Waals surface area contributed by atoms with Crippen molar-refractivity contribution in [2.75, 3.05) is 18.5 Å². The van der Waals surface area contributed by atoms with Gasteiger partial charge in [-0.25, -0.2) is 0 Å². The molecule has 0 aliphatic heterocycles. The fraction of sp³-hybridized carbons (Fsp3) is 0.562. The number of nitrogens with two attached hydrogens (primary N) is 1. The Labute approximate surface area is 127 Å². The zero-order chi connectivity index (χ0) is 16.0. The summed E-state index contributed by atoms with van der Waals surface area (Å²) in [5.74, 6) is 5.32. The van der Waals surface area contributed by atoms with Gasteiger partial charge in [0.1, 0.15) is 0 Å². The fourth-order valence-electron chi connectivity index (χ4n) is 2.51. The van der Waals surface area contributed by atoms with Gasteiger partial charge in [0.2, 0.25) is 0 Å².